The highest BCUT2D eigenvalue weighted by atomic mass is 15.1. The van der Waals surface area contributed by atoms with Crippen molar-refractivity contribution in [2.24, 2.45) is 0 Å². The van der Waals surface area contributed by atoms with Crippen LogP contribution in [0.4, 0.5) is 0 Å². The van der Waals surface area contributed by atoms with Crippen LogP contribution in [0.3, 0.4) is 0 Å². The van der Waals surface area contributed by atoms with Crippen LogP contribution in [0.1, 0.15) is 37.7 Å². The Morgan fingerprint density at radius 3 is 1.63 bits per heavy atom. The van der Waals surface area contributed by atoms with E-state index in [9.17, 15) is 0 Å². The summed E-state index contributed by atoms with van der Waals surface area (Å²) in [5.41, 5.74) is 16.3. The lowest BCUT2D eigenvalue weighted by Crippen LogP contribution is -2.14. The molecule has 1 aliphatic rings. The van der Waals surface area contributed by atoms with Crippen molar-refractivity contribution in [1.82, 2.24) is 9.55 Å². The Morgan fingerprint density at radius 1 is 0.481 bits per heavy atom. The first-order valence-electron chi connectivity index (χ1n) is 18.4. The zero-order chi connectivity index (χ0) is 35.0. The maximum absolute atomic E-state index is 4.88. The third kappa shape index (κ3) is 4.54. The second-order valence-corrected chi connectivity index (χ2v) is 14.6. The number of nitrogens with zero attached hydrogens (tertiary/aromatic N) is 2. The van der Waals surface area contributed by atoms with E-state index in [0.29, 0.717) is 0 Å². The second kappa shape index (κ2) is 11.6. The van der Waals surface area contributed by atoms with Gasteiger partial charge >= 0.3 is 0 Å². The number of rotatable bonds is 5. The molecule has 52 heavy (non-hydrogen) atoms. The van der Waals surface area contributed by atoms with Gasteiger partial charge in [0, 0.05) is 17.5 Å². The van der Waals surface area contributed by atoms with Gasteiger partial charge in [0.2, 0.25) is 0 Å². The van der Waals surface area contributed by atoms with Gasteiger partial charge in [-0.3, -0.25) is 4.57 Å². The highest BCUT2D eigenvalue weighted by Gasteiger charge is 2.35. The molecule has 0 fully saturated rings. The maximum atomic E-state index is 4.88. The SMILES string of the molecule is CCc1nc2ccccc2n1-c1ccc(-c2ccc(-c3c4ccccc4c(-c4ccc5c(c4)C(C)(C)c4ccccc4-5)c4ccccc34)cc2)cc1. The minimum atomic E-state index is -0.0537. The molecule has 1 aliphatic carbocycles. The molecule has 0 spiro atoms. The van der Waals surface area contributed by atoms with E-state index in [4.69, 9.17) is 4.98 Å². The average molecular weight is 667 g/mol. The summed E-state index contributed by atoms with van der Waals surface area (Å²) < 4.78 is 2.28. The van der Waals surface area contributed by atoms with E-state index in [2.05, 4.69) is 189 Å². The molecular formula is C50H38N2. The zero-order valence-electron chi connectivity index (χ0n) is 29.7. The molecule has 0 aliphatic heterocycles. The van der Waals surface area contributed by atoms with Gasteiger partial charge in [-0.25, -0.2) is 4.98 Å². The van der Waals surface area contributed by atoms with E-state index >= 15 is 0 Å². The number of benzene rings is 8. The Bertz CT molecular complexity index is 2780. The molecule has 0 unspecified atom stereocenters. The molecule has 10 rings (SSSR count). The third-order valence-corrected chi connectivity index (χ3v) is 11.4. The van der Waals surface area contributed by atoms with Crippen LogP contribution in [0.15, 0.2) is 164 Å². The quantitative estimate of drug-likeness (QED) is 0.167. The smallest absolute Gasteiger partial charge is 0.114 e. The third-order valence-electron chi connectivity index (χ3n) is 11.4. The van der Waals surface area contributed by atoms with Crippen LogP contribution < -0.4 is 0 Å². The maximum Gasteiger partial charge on any atom is 0.114 e. The van der Waals surface area contributed by atoms with Crippen LogP contribution in [0.2, 0.25) is 0 Å². The molecular weight excluding hydrogens is 629 g/mol. The van der Waals surface area contributed by atoms with Crippen molar-refractivity contribution in [3.63, 3.8) is 0 Å². The predicted octanol–water partition coefficient (Wildman–Crippen LogP) is 13.2. The molecule has 0 N–H and O–H groups in total. The summed E-state index contributed by atoms with van der Waals surface area (Å²) in [6.45, 7) is 6.89. The number of aryl methyl sites for hydroxylation is 1. The van der Waals surface area contributed by atoms with Crippen molar-refractivity contribution >= 4 is 32.6 Å². The number of imidazole rings is 1. The van der Waals surface area contributed by atoms with Gasteiger partial charge in [-0.15, -0.1) is 0 Å². The van der Waals surface area contributed by atoms with E-state index in [0.717, 1.165) is 29.0 Å². The lowest BCUT2D eigenvalue weighted by atomic mass is 9.80. The lowest BCUT2D eigenvalue weighted by Gasteiger charge is -2.23. The molecule has 1 aromatic heterocycles. The van der Waals surface area contributed by atoms with E-state index in [-0.39, 0.29) is 5.41 Å². The largest absolute Gasteiger partial charge is 0.296 e. The number of para-hydroxylation sites is 2. The summed E-state index contributed by atoms with van der Waals surface area (Å²) >= 11 is 0. The summed E-state index contributed by atoms with van der Waals surface area (Å²) in [6, 6.07) is 60.4. The number of hydrogen-bond acceptors (Lipinski definition) is 1. The van der Waals surface area contributed by atoms with E-state index < -0.39 is 0 Å². The van der Waals surface area contributed by atoms with Crippen LogP contribution in [0, 0.1) is 0 Å². The molecule has 9 aromatic rings. The normalized spacial score (nSPS) is 13.1. The van der Waals surface area contributed by atoms with Gasteiger partial charge in [0.05, 0.1) is 11.0 Å². The Labute approximate surface area is 304 Å². The molecule has 2 nitrogen and oxygen atoms in total. The van der Waals surface area contributed by atoms with Crippen molar-refractivity contribution < 1.29 is 0 Å². The summed E-state index contributed by atoms with van der Waals surface area (Å²) in [6.07, 6.45) is 0.878. The zero-order valence-corrected chi connectivity index (χ0v) is 29.7. The Hall–Kier alpha value is -6.25. The van der Waals surface area contributed by atoms with Crippen LogP contribution in [-0.4, -0.2) is 9.55 Å². The first kappa shape index (κ1) is 30.6. The fraction of sp³-hybridized carbons (Fsp3) is 0.100. The highest BCUT2D eigenvalue weighted by Crippen LogP contribution is 2.51. The molecule has 0 radical (unpaired) electrons. The average Bonchev–Trinajstić information content (AvgIpc) is 3.69. The summed E-state index contributed by atoms with van der Waals surface area (Å²) in [4.78, 5) is 4.88. The van der Waals surface area contributed by atoms with Gasteiger partial charge < -0.3 is 0 Å². The Kier molecular flexibility index (Phi) is 6.85. The molecule has 8 aromatic carbocycles. The summed E-state index contributed by atoms with van der Waals surface area (Å²) in [7, 11) is 0. The summed E-state index contributed by atoms with van der Waals surface area (Å²) in [5.74, 6) is 1.08. The van der Waals surface area contributed by atoms with E-state index in [1.807, 2.05) is 0 Å². The fourth-order valence-electron chi connectivity index (χ4n) is 8.84. The molecule has 0 saturated heterocycles. The van der Waals surface area contributed by atoms with Crippen molar-refractivity contribution in [1.29, 1.82) is 0 Å². The van der Waals surface area contributed by atoms with Crippen LogP contribution >= 0.6 is 0 Å². The van der Waals surface area contributed by atoms with Gasteiger partial charge in [0.25, 0.3) is 0 Å². The summed E-state index contributed by atoms with van der Waals surface area (Å²) in [5, 5.41) is 5.11. The van der Waals surface area contributed by atoms with Gasteiger partial charge in [-0.1, -0.05) is 154 Å². The number of aromatic nitrogens is 2. The van der Waals surface area contributed by atoms with Gasteiger partial charge in [0.15, 0.2) is 0 Å². The molecule has 1 heterocycles. The molecule has 248 valence electrons. The van der Waals surface area contributed by atoms with E-state index in [1.54, 1.807) is 0 Å². The van der Waals surface area contributed by atoms with Crippen molar-refractivity contribution in [2.75, 3.05) is 0 Å². The number of hydrogen-bond donors (Lipinski definition) is 0. The highest BCUT2D eigenvalue weighted by molar-refractivity contribution is 6.21. The lowest BCUT2D eigenvalue weighted by molar-refractivity contribution is 0.660. The minimum Gasteiger partial charge on any atom is -0.296 e. The van der Waals surface area contributed by atoms with E-state index in [1.165, 1.54) is 77.2 Å². The van der Waals surface area contributed by atoms with Crippen LogP contribution in [-0.2, 0) is 11.8 Å². The molecule has 2 heteroatoms. The van der Waals surface area contributed by atoms with Gasteiger partial charge in [-0.05, 0) is 108 Å². The number of fused-ring (bicyclic) bond motifs is 6. The van der Waals surface area contributed by atoms with Crippen LogP contribution in [0.25, 0.3) is 82.8 Å². The standard InChI is InChI=1S/C50H38N2/c1-4-47-51-45-19-11-12-20-46(45)52(47)36-28-25-33(26-29-36)32-21-23-34(24-22-32)48-39-14-5-7-16-41(39)49(42-17-8-6-15-40(42)48)35-27-30-38-37-13-9-10-18-43(37)50(2,3)44(38)31-35/h5-31H,4H2,1-3H3. The monoisotopic (exact) mass is 666 g/mol. The van der Waals surface area contributed by atoms with Crippen molar-refractivity contribution in [3.8, 4) is 50.2 Å². The van der Waals surface area contributed by atoms with Gasteiger partial charge in [-0.2, -0.15) is 0 Å². The minimum absolute atomic E-state index is 0.0537. The van der Waals surface area contributed by atoms with Crippen LogP contribution in [0.5, 0.6) is 0 Å². The van der Waals surface area contributed by atoms with Crippen molar-refractivity contribution in [2.45, 2.75) is 32.6 Å². The van der Waals surface area contributed by atoms with Gasteiger partial charge in [0.1, 0.15) is 5.82 Å². The van der Waals surface area contributed by atoms with Crippen molar-refractivity contribution in [3.05, 3.63) is 181 Å². The Morgan fingerprint density at radius 2 is 0.981 bits per heavy atom. The Balaban J connectivity index is 1.07. The first-order chi connectivity index (χ1) is 25.5. The second-order valence-electron chi connectivity index (χ2n) is 14.6. The molecule has 0 bridgehead atoms. The topological polar surface area (TPSA) is 17.8 Å². The predicted molar refractivity (Wildman–Crippen MR) is 219 cm³/mol. The molecule has 0 atom stereocenters. The first-order valence-corrected chi connectivity index (χ1v) is 18.4. The fourth-order valence-corrected chi connectivity index (χ4v) is 8.84. The molecule has 0 amide bonds. The molecule has 0 saturated carbocycles.